The van der Waals surface area contributed by atoms with Crippen molar-refractivity contribution in [1.29, 1.82) is 0 Å². The Kier molecular flexibility index (Phi) is 5.58. The zero-order chi connectivity index (χ0) is 7.98. The van der Waals surface area contributed by atoms with Crippen LogP contribution >= 0.6 is 0 Å². The van der Waals surface area contributed by atoms with Crippen LogP contribution in [0.5, 0.6) is 0 Å². The van der Waals surface area contributed by atoms with Crippen molar-refractivity contribution in [2.75, 3.05) is 33.9 Å². The summed E-state index contributed by atoms with van der Waals surface area (Å²) >= 11 is 0. The van der Waals surface area contributed by atoms with Crippen LogP contribution in [-0.2, 0) is 0 Å². The molecule has 0 fully saturated rings. The molecule has 0 aliphatic heterocycles. The largest absolute Gasteiger partial charge is 0.306 e. The highest BCUT2D eigenvalue weighted by atomic mass is 15.6. The molecule has 0 aliphatic carbocycles. The first-order valence-electron chi connectivity index (χ1n) is 3.86. The normalized spacial score (nSPS) is 11.4. The van der Waals surface area contributed by atoms with Crippen molar-refractivity contribution in [2.24, 2.45) is 0 Å². The smallest absolute Gasteiger partial charge is 0.0620 e. The van der Waals surface area contributed by atoms with Crippen LogP contribution in [0.1, 0.15) is 13.8 Å². The number of rotatable bonds is 5. The van der Waals surface area contributed by atoms with Crippen molar-refractivity contribution in [3.05, 3.63) is 0 Å². The van der Waals surface area contributed by atoms with E-state index in [9.17, 15) is 0 Å². The van der Waals surface area contributed by atoms with Gasteiger partial charge in [0.2, 0.25) is 0 Å². The fourth-order valence-corrected chi connectivity index (χ4v) is 0.856. The number of nitrogens with zero attached hydrogens (tertiary/aromatic N) is 2. The van der Waals surface area contributed by atoms with Gasteiger partial charge in [-0.1, -0.05) is 13.8 Å². The summed E-state index contributed by atoms with van der Waals surface area (Å²) in [6.45, 7) is 7.36. The molecule has 0 amide bonds. The Labute approximate surface area is 64.0 Å². The Balaban J connectivity index is 3.56. The van der Waals surface area contributed by atoms with E-state index in [0.29, 0.717) is 0 Å². The van der Waals surface area contributed by atoms with Gasteiger partial charge in [-0.3, -0.25) is 0 Å². The maximum Gasteiger partial charge on any atom is 0.0620 e. The van der Waals surface area contributed by atoms with E-state index in [0.717, 1.165) is 19.8 Å². The monoisotopic (exact) mass is 145 g/mol. The zero-order valence-corrected chi connectivity index (χ0v) is 7.52. The summed E-state index contributed by atoms with van der Waals surface area (Å²) in [4.78, 5) is 0. The van der Waals surface area contributed by atoms with Gasteiger partial charge in [0.1, 0.15) is 0 Å². The molecule has 3 nitrogen and oxygen atoms in total. The minimum Gasteiger partial charge on any atom is -0.306 e. The van der Waals surface area contributed by atoms with Crippen molar-refractivity contribution in [2.45, 2.75) is 13.8 Å². The highest BCUT2D eigenvalue weighted by Crippen LogP contribution is 1.89. The van der Waals surface area contributed by atoms with Gasteiger partial charge in [-0.15, -0.1) is 0 Å². The lowest BCUT2D eigenvalue weighted by Gasteiger charge is -2.29. The maximum absolute atomic E-state index is 3.12. The predicted molar refractivity (Wildman–Crippen MR) is 44.6 cm³/mol. The van der Waals surface area contributed by atoms with Crippen molar-refractivity contribution in [3.63, 3.8) is 0 Å². The third-order valence-corrected chi connectivity index (χ3v) is 1.65. The van der Waals surface area contributed by atoms with E-state index in [1.807, 2.05) is 7.05 Å². The summed E-state index contributed by atoms with van der Waals surface area (Å²) < 4.78 is 0. The molecule has 0 bridgehead atoms. The van der Waals surface area contributed by atoms with Gasteiger partial charge in [0.05, 0.1) is 6.67 Å². The molecule has 0 heterocycles. The molecule has 0 saturated carbocycles. The van der Waals surface area contributed by atoms with E-state index in [1.54, 1.807) is 0 Å². The fourth-order valence-electron chi connectivity index (χ4n) is 0.856. The van der Waals surface area contributed by atoms with Crippen molar-refractivity contribution < 1.29 is 0 Å². The minimum absolute atomic E-state index is 0.931. The average molecular weight is 145 g/mol. The lowest BCUT2D eigenvalue weighted by Crippen LogP contribution is -2.44. The van der Waals surface area contributed by atoms with E-state index >= 15 is 0 Å². The maximum atomic E-state index is 3.12. The summed E-state index contributed by atoms with van der Waals surface area (Å²) in [5.41, 5.74) is 0. The summed E-state index contributed by atoms with van der Waals surface area (Å²) in [5, 5.41) is 7.57. The summed E-state index contributed by atoms with van der Waals surface area (Å²) in [6, 6.07) is 0. The number of nitrogens with one attached hydrogen (secondary N) is 1. The van der Waals surface area contributed by atoms with Gasteiger partial charge in [0.25, 0.3) is 0 Å². The van der Waals surface area contributed by atoms with Crippen molar-refractivity contribution in [1.82, 2.24) is 15.3 Å². The molecule has 0 aromatic carbocycles. The van der Waals surface area contributed by atoms with Crippen LogP contribution in [-0.4, -0.2) is 43.9 Å². The summed E-state index contributed by atoms with van der Waals surface area (Å²) in [7, 11) is 4.06. The Morgan fingerprint density at radius 1 is 1.20 bits per heavy atom. The second kappa shape index (κ2) is 5.65. The Bertz CT molecular complexity index is 75.3. The van der Waals surface area contributed by atoms with Crippen molar-refractivity contribution >= 4 is 0 Å². The first-order valence-corrected chi connectivity index (χ1v) is 3.86. The fraction of sp³-hybridized carbons (Fsp3) is 1.00. The summed E-state index contributed by atoms with van der Waals surface area (Å²) in [5.74, 6) is 0. The Morgan fingerprint density at radius 2 is 1.80 bits per heavy atom. The van der Waals surface area contributed by atoms with Gasteiger partial charge in [-0.25, -0.2) is 10.0 Å². The van der Waals surface area contributed by atoms with Crippen LogP contribution in [0.2, 0.25) is 0 Å². The van der Waals surface area contributed by atoms with Gasteiger partial charge < -0.3 is 5.32 Å². The summed E-state index contributed by atoms with van der Waals surface area (Å²) in [6.07, 6.45) is 0. The first-order chi connectivity index (χ1) is 4.76. The third kappa shape index (κ3) is 3.15. The van der Waals surface area contributed by atoms with Gasteiger partial charge in [-0.05, 0) is 7.05 Å². The minimum atomic E-state index is 0.931. The third-order valence-electron chi connectivity index (χ3n) is 1.65. The second-order valence-electron chi connectivity index (χ2n) is 2.31. The van der Waals surface area contributed by atoms with Gasteiger partial charge in [-0.2, -0.15) is 0 Å². The van der Waals surface area contributed by atoms with E-state index in [2.05, 4.69) is 36.2 Å². The molecule has 62 valence electrons. The molecule has 0 saturated heterocycles. The molecule has 0 aliphatic rings. The molecule has 1 N–H and O–H groups in total. The standard InChI is InChI=1S/C7H19N3/c1-5-9(4)10(6-2)7-8-3/h8H,5-7H2,1-4H3. The van der Waals surface area contributed by atoms with Crippen LogP contribution in [0.4, 0.5) is 0 Å². The quantitative estimate of drug-likeness (QED) is 0.445. The number of hydrazine groups is 1. The first kappa shape index (κ1) is 9.88. The highest BCUT2D eigenvalue weighted by Gasteiger charge is 2.03. The van der Waals surface area contributed by atoms with Crippen LogP contribution in [0, 0.1) is 0 Å². The molecular formula is C7H19N3. The van der Waals surface area contributed by atoms with Crippen LogP contribution in [0.3, 0.4) is 0 Å². The average Bonchev–Trinajstić information content (AvgIpc) is 1.99. The second-order valence-corrected chi connectivity index (χ2v) is 2.31. The zero-order valence-electron chi connectivity index (χ0n) is 7.52. The molecule has 0 radical (unpaired) electrons. The Hall–Kier alpha value is -0.120. The molecule has 0 rings (SSSR count). The molecular weight excluding hydrogens is 126 g/mol. The van der Waals surface area contributed by atoms with Gasteiger partial charge in [0.15, 0.2) is 0 Å². The highest BCUT2D eigenvalue weighted by molar-refractivity contribution is 4.45. The number of hydrogen-bond donors (Lipinski definition) is 1. The van der Waals surface area contributed by atoms with Gasteiger partial charge in [0, 0.05) is 20.1 Å². The van der Waals surface area contributed by atoms with Crippen LogP contribution in [0.25, 0.3) is 0 Å². The van der Waals surface area contributed by atoms with E-state index in [-0.39, 0.29) is 0 Å². The molecule has 0 unspecified atom stereocenters. The Morgan fingerprint density at radius 3 is 2.10 bits per heavy atom. The molecule has 0 atom stereocenters. The molecule has 0 spiro atoms. The van der Waals surface area contributed by atoms with Gasteiger partial charge >= 0.3 is 0 Å². The SMILES string of the molecule is CCN(C)N(CC)CNC. The lowest BCUT2D eigenvalue weighted by molar-refractivity contribution is 0.00406. The lowest BCUT2D eigenvalue weighted by atomic mass is 10.6. The topological polar surface area (TPSA) is 18.5 Å². The molecule has 10 heavy (non-hydrogen) atoms. The number of hydrogen-bond acceptors (Lipinski definition) is 3. The molecule has 3 heteroatoms. The van der Waals surface area contributed by atoms with Crippen LogP contribution < -0.4 is 5.32 Å². The van der Waals surface area contributed by atoms with Crippen LogP contribution in [0.15, 0.2) is 0 Å². The van der Waals surface area contributed by atoms with E-state index in [1.165, 1.54) is 0 Å². The molecule has 0 aromatic heterocycles. The predicted octanol–water partition coefficient (Wildman–Crippen LogP) is 0.352. The molecule has 0 aromatic rings. The van der Waals surface area contributed by atoms with Crippen molar-refractivity contribution in [3.8, 4) is 0 Å². The van der Waals surface area contributed by atoms with E-state index in [4.69, 9.17) is 0 Å². The van der Waals surface area contributed by atoms with E-state index < -0.39 is 0 Å².